The standard InChI is InChI=1S/3C4H11N.H3O3P/c3*1-3-5-4-2;1-4(2)3/h3*5H,3-4H2,1-2H3;1-3H. The van der Waals surface area contributed by atoms with Crippen LogP contribution in [0.3, 0.4) is 0 Å². The summed E-state index contributed by atoms with van der Waals surface area (Å²) < 4.78 is 0. The molecule has 0 aliphatic rings. The average Bonchev–Trinajstić information content (AvgIpc) is 2.33. The molecular formula is C12H36N3O3P. The molecule has 0 aromatic heterocycles. The highest BCUT2D eigenvalue weighted by atomic mass is 31.2. The van der Waals surface area contributed by atoms with E-state index in [1.165, 1.54) is 0 Å². The first-order valence-corrected chi connectivity index (χ1v) is 8.16. The fourth-order valence-electron chi connectivity index (χ4n) is 0.750. The van der Waals surface area contributed by atoms with Gasteiger partial charge in [0.25, 0.3) is 0 Å². The summed E-state index contributed by atoms with van der Waals surface area (Å²) in [5.41, 5.74) is 0. The third-order valence-corrected chi connectivity index (χ3v) is 1.50. The van der Waals surface area contributed by atoms with E-state index in [0.29, 0.717) is 0 Å². The summed E-state index contributed by atoms with van der Waals surface area (Å²) in [6.07, 6.45) is 0. The van der Waals surface area contributed by atoms with Gasteiger partial charge in [-0.15, -0.1) is 0 Å². The van der Waals surface area contributed by atoms with E-state index >= 15 is 0 Å². The van der Waals surface area contributed by atoms with Crippen molar-refractivity contribution >= 4 is 8.60 Å². The topological polar surface area (TPSA) is 96.8 Å². The van der Waals surface area contributed by atoms with E-state index < -0.39 is 8.60 Å². The van der Waals surface area contributed by atoms with Crippen molar-refractivity contribution in [2.45, 2.75) is 41.5 Å². The SMILES string of the molecule is CCNCC.CCNCC.CCNCC.OP(O)O. The molecule has 0 aliphatic heterocycles. The predicted octanol–water partition coefficient (Wildman–Crippen LogP) is 1.04. The highest BCUT2D eigenvalue weighted by Crippen LogP contribution is 2.11. The first-order chi connectivity index (χ1) is 8.97. The van der Waals surface area contributed by atoms with E-state index in [4.69, 9.17) is 14.7 Å². The maximum atomic E-state index is 7.23. The lowest BCUT2D eigenvalue weighted by molar-refractivity contribution is 0.368. The smallest absolute Gasteiger partial charge is 0.324 e. The lowest BCUT2D eigenvalue weighted by Crippen LogP contribution is -2.09. The fraction of sp³-hybridized carbons (Fsp3) is 1.00. The van der Waals surface area contributed by atoms with Crippen molar-refractivity contribution < 1.29 is 14.7 Å². The Morgan fingerprint density at radius 1 is 0.526 bits per heavy atom. The van der Waals surface area contributed by atoms with Gasteiger partial charge in [-0.25, -0.2) is 0 Å². The fourth-order valence-corrected chi connectivity index (χ4v) is 0.750. The van der Waals surface area contributed by atoms with Crippen LogP contribution in [0.15, 0.2) is 0 Å². The third kappa shape index (κ3) is 124. The first-order valence-electron chi connectivity index (χ1n) is 6.96. The second kappa shape index (κ2) is 36.2. The van der Waals surface area contributed by atoms with Gasteiger partial charge in [-0.05, 0) is 39.3 Å². The van der Waals surface area contributed by atoms with E-state index in [1.807, 2.05) is 0 Å². The summed E-state index contributed by atoms with van der Waals surface area (Å²) in [4.78, 5) is 21.7. The van der Waals surface area contributed by atoms with Gasteiger partial charge in [-0.1, -0.05) is 41.5 Å². The zero-order valence-electron chi connectivity index (χ0n) is 13.5. The molecule has 6 nitrogen and oxygen atoms in total. The van der Waals surface area contributed by atoms with E-state index in [-0.39, 0.29) is 0 Å². The number of hydrogen-bond acceptors (Lipinski definition) is 6. The van der Waals surface area contributed by atoms with Gasteiger partial charge >= 0.3 is 8.60 Å². The molecule has 0 aliphatic carbocycles. The molecule has 0 fully saturated rings. The average molecular weight is 301 g/mol. The summed E-state index contributed by atoms with van der Waals surface area (Å²) in [5, 5.41) is 9.33. The molecule has 0 atom stereocenters. The quantitative estimate of drug-likeness (QED) is 0.410. The highest BCUT2D eigenvalue weighted by molar-refractivity contribution is 7.38. The summed E-state index contributed by atoms with van der Waals surface area (Å²) >= 11 is 0. The van der Waals surface area contributed by atoms with Crippen LogP contribution in [0.1, 0.15) is 41.5 Å². The predicted molar refractivity (Wildman–Crippen MR) is 86.2 cm³/mol. The van der Waals surface area contributed by atoms with Crippen LogP contribution in [0.5, 0.6) is 0 Å². The minimum Gasteiger partial charge on any atom is -0.328 e. The maximum absolute atomic E-state index is 7.23. The molecule has 0 amide bonds. The number of nitrogens with one attached hydrogen (secondary N) is 3. The second-order valence-electron chi connectivity index (χ2n) is 3.14. The Hall–Kier alpha value is 0.190. The van der Waals surface area contributed by atoms with E-state index in [1.54, 1.807) is 0 Å². The van der Waals surface area contributed by atoms with Crippen LogP contribution >= 0.6 is 8.60 Å². The van der Waals surface area contributed by atoms with E-state index in [2.05, 4.69) is 57.5 Å². The molecule has 19 heavy (non-hydrogen) atoms. The Labute approximate surface area is 121 Å². The van der Waals surface area contributed by atoms with Gasteiger partial charge in [0.15, 0.2) is 0 Å². The summed E-state index contributed by atoms with van der Waals surface area (Å²) in [6.45, 7) is 19.2. The third-order valence-electron chi connectivity index (χ3n) is 1.50. The zero-order valence-corrected chi connectivity index (χ0v) is 14.4. The van der Waals surface area contributed by atoms with Gasteiger partial charge in [0, 0.05) is 0 Å². The molecule has 7 heteroatoms. The molecule has 0 unspecified atom stereocenters. The lowest BCUT2D eigenvalue weighted by Gasteiger charge is -1.86. The number of hydrogen-bond donors (Lipinski definition) is 6. The molecule has 0 saturated heterocycles. The van der Waals surface area contributed by atoms with E-state index in [9.17, 15) is 0 Å². The normalized spacial score (nSPS) is 8.53. The van der Waals surface area contributed by atoms with Crippen LogP contribution in [-0.2, 0) is 0 Å². The van der Waals surface area contributed by atoms with Crippen molar-refractivity contribution in [1.29, 1.82) is 0 Å². The minimum absolute atomic E-state index is 1.09. The molecule has 0 bridgehead atoms. The van der Waals surface area contributed by atoms with Gasteiger partial charge in [-0.2, -0.15) is 0 Å². The summed E-state index contributed by atoms with van der Waals surface area (Å²) in [6, 6.07) is 0. The molecule has 0 rings (SSSR count). The van der Waals surface area contributed by atoms with Crippen molar-refractivity contribution in [1.82, 2.24) is 16.0 Å². The minimum atomic E-state index is -2.62. The second-order valence-corrected chi connectivity index (χ2v) is 3.68. The molecule has 122 valence electrons. The molecule has 0 spiro atoms. The van der Waals surface area contributed by atoms with Crippen LogP contribution in [0.2, 0.25) is 0 Å². The molecular weight excluding hydrogens is 265 g/mol. The van der Waals surface area contributed by atoms with Gasteiger partial charge < -0.3 is 30.6 Å². The largest absolute Gasteiger partial charge is 0.328 e. The Kier molecular flexibility index (Phi) is 52.4. The van der Waals surface area contributed by atoms with Gasteiger partial charge in [0.05, 0.1) is 0 Å². The van der Waals surface area contributed by atoms with Gasteiger partial charge in [0.2, 0.25) is 0 Å². The lowest BCUT2D eigenvalue weighted by atomic mass is 10.7. The van der Waals surface area contributed by atoms with Crippen molar-refractivity contribution in [3.05, 3.63) is 0 Å². The molecule has 0 saturated carbocycles. The van der Waals surface area contributed by atoms with Crippen LogP contribution in [-0.4, -0.2) is 53.9 Å². The van der Waals surface area contributed by atoms with Crippen molar-refractivity contribution in [2.75, 3.05) is 39.3 Å². The van der Waals surface area contributed by atoms with Gasteiger partial charge in [-0.3, -0.25) is 0 Å². The Morgan fingerprint density at radius 2 is 0.632 bits per heavy atom. The van der Waals surface area contributed by atoms with Crippen molar-refractivity contribution in [3.8, 4) is 0 Å². The Balaban J connectivity index is -0.0000000793. The maximum Gasteiger partial charge on any atom is 0.324 e. The Bertz CT molecular complexity index is 89.2. The molecule has 6 N–H and O–H groups in total. The van der Waals surface area contributed by atoms with Crippen molar-refractivity contribution in [2.24, 2.45) is 0 Å². The molecule has 0 radical (unpaired) electrons. The Morgan fingerprint density at radius 3 is 0.632 bits per heavy atom. The van der Waals surface area contributed by atoms with Gasteiger partial charge in [0.1, 0.15) is 0 Å². The molecule has 0 aromatic carbocycles. The zero-order chi connectivity index (χ0) is 15.9. The molecule has 0 aromatic rings. The van der Waals surface area contributed by atoms with Crippen LogP contribution < -0.4 is 16.0 Å². The van der Waals surface area contributed by atoms with Crippen LogP contribution in [0.4, 0.5) is 0 Å². The molecule has 0 heterocycles. The van der Waals surface area contributed by atoms with Crippen LogP contribution in [0.25, 0.3) is 0 Å². The van der Waals surface area contributed by atoms with E-state index in [0.717, 1.165) is 39.3 Å². The van der Waals surface area contributed by atoms with Crippen molar-refractivity contribution in [3.63, 3.8) is 0 Å². The monoisotopic (exact) mass is 301 g/mol. The first kappa shape index (κ1) is 27.5. The summed E-state index contributed by atoms with van der Waals surface area (Å²) in [7, 11) is -2.62. The number of rotatable bonds is 6. The van der Waals surface area contributed by atoms with Crippen LogP contribution in [0, 0.1) is 0 Å². The highest BCUT2D eigenvalue weighted by Gasteiger charge is 1.76. The summed E-state index contributed by atoms with van der Waals surface area (Å²) in [5.74, 6) is 0.